The van der Waals surface area contributed by atoms with E-state index in [0.717, 1.165) is 5.56 Å². The minimum Gasteiger partial charge on any atom is -0.462 e. The first-order valence-corrected chi connectivity index (χ1v) is 9.78. The van der Waals surface area contributed by atoms with Crippen LogP contribution in [0, 0.1) is 0 Å². The van der Waals surface area contributed by atoms with Gasteiger partial charge < -0.3 is 4.74 Å². The van der Waals surface area contributed by atoms with E-state index in [-0.39, 0.29) is 16.5 Å². The summed E-state index contributed by atoms with van der Waals surface area (Å²) in [6.07, 6.45) is 1.39. The van der Waals surface area contributed by atoms with E-state index in [9.17, 15) is 13.2 Å². The summed E-state index contributed by atoms with van der Waals surface area (Å²) < 4.78 is 32.9. The zero-order valence-electron chi connectivity index (χ0n) is 14.3. The van der Waals surface area contributed by atoms with Gasteiger partial charge in [-0.1, -0.05) is 31.2 Å². The number of hydrogen-bond donors (Lipinski definition) is 0. The van der Waals surface area contributed by atoms with Crippen molar-refractivity contribution in [2.75, 3.05) is 10.9 Å². The van der Waals surface area contributed by atoms with Crippen molar-refractivity contribution in [3.05, 3.63) is 59.7 Å². The smallest absolute Gasteiger partial charge is 0.338 e. The second-order valence-corrected chi connectivity index (χ2v) is 7.96. The first-order valence-electron chi connectivity index (χ1n) is 8.34. The van der Waals surface area contributed by atoms with E-state index in [2.05, 4.69) is 0 Å². The van der Waals surface area contributed by atoms with E-state index in [0.29, 0.717) is 25.1 Å². The van der Waals surface area contributed by atoms with Gasteiger partial charge in [-0.25, -0.2) is 13.2 Å². The molecule has 0 radical (unpaired) electrons. The molecule has 0 amide bonds. The van der Waals surface area contributed by atoms with Crippen LogP contribution in [-0.2, 0) is 21.2 Å². The summed E-state index contributed by atoms with van der Waals surface area (Å²) in [7, 11) is -3.75. The molecule has 1 unspecified atom stereocenters. The van der Waals surface area contributed by atoms with Crippen molar-refractivity contribution in [2.24, 2.45) is 0 Å². The van der Waals surface area contributed by atoms with Crippen molar-refractivity contribution < 1.29 is 17.9 Å². The largest absolute Gasteiger partial charge is 0.462 e. The fourth-order valence-corrected chi connectivity index (χ4v) is 4.82. The lowest BCUT2D eigenvalue weighted by molar-refractivity contribution is 0.0505. The molecule has 1 heterocycles. The summed E-state index contributed by atoms with van der Waals surface area (Å²) >= 11 is 0. The van der Waals surface area contributed by atoms with Crippen molar-refractivity contribution in [3.8, 4) is 0 Å². The number of rotatable bonds is 5. The van der Waals surface area contributed by atoms with Gasteiger partial charge in [-0.05, 0) is 49.6 Å². The second kappa shape index (κ2) is 6.88. The number of para-hydroxylation sites is 1. The van der Waals surface area contributed by atoms with Crippen LogP contribution in [0.1, 0.15) is 36.2 Å². The van der Waals surface area contributed by atoms with Crippen molar-refractivity contribution in [1.29, 1.82) is 0 Å². The van der Waals surface area contributed by atoms with Gasteiger partial charge in [-0.15, -0.1) is 0 Å². The lowest BCUT2D eigenvalue weighted by Crippen LogP contribution is -2.35. The van der Waals surface area contributed by atoms with Crippen molar-refractivity contribution in [2.45, 2.75) is 37.6 Å². The number of carbonyl (C=O) groups excluding carboxylic acids is 1. The van der Waals surface area contributed by atoms with Gasteiger partial charge in [0.05, 0.1) is 22.8 Å². The average Bonchev–Trinajstić information content (AvgIpc) is 2.96. The average molecular weight is 359 g/mol. The monoisotopic (exact) mass is 359 g/mol. The number of esters is 1. The maximum Gasteiger partial charge on any atom is 0.338 e. The Morgan fingerprint density at radius 1 is 1.20 bits per heavy atom. The van der Waals surface area contributed by atoms with Crippen LogP contribution in [0.15, 0.2) is 53.4 Å². The Kier molecular flexibility index (Phi) is 4.81. The Bertz CT molecular complexity index is 892. The van der Waals surface area contributed by atoms with Crippen LogP contribution >= 0.6 is 0 Å². The number of ether oxygens (including phenoxy) is 1. The summed E-state index contributed by atoms with van der Waals surface area (Å²) in [5.41, 5.74) is 1.96. The lowest BCUT2D eigenvalue weighted by Gasteiger charge is -2.24. The van der Waals surface area contributed by atoms with E-state index < -0.39 is 16.0 Å². The predicted molar refractivity (Wildman–Crippen MR) is 96.3 cm³/mol. The molecule has 0 N–H and O–H groups in total. The summed E-state index contributed by atoms with van der Waals surface area (Å²) in [4.78, 5) is 12.1. The molecule has 3 rings (SSSR count). The maximum atomic E-state index is 13.2. The number of hydrogen-bond acceptors (Lipinski definition) is 4. The van der Waals surface area contributed by atoms with Crippen molar-refractivity contribution >= 4 is 21.7 Å². The molecule has 132 valence electrons. The standard InChI is InChI=1S/C19H21NO4S/c1-3-11-24-19(21)16-8-6-9-17(13-16)25(22,23)20-14(2)12-15-7-4-5-10-18(15)20/h4-10,13-14H,3,11-12H2,1-2H3. The molecule has 6 heteroatoms. The minimum absolute atomic E-state index is 0.0991. The Labute approximate surface area is 148 Å². The molecule has 0 bridgehead atoms. The topological polar surface area (TPSA) is 63.7 Å². The second-order valence-electron chi connectivity index (χ2n) is 6.15. The van der Waals surface area contributed by atoms with Crippen LogP contribution in [0.3, 0.4) is 0 Å². The SMILES string of the molecule is CCCOC(=O)c1cccc(S(=O)(=O)N2c3ccccc3CC2C)c1. The maximum absolute atomic E-state index is 13.2. The molecule has 5 nitrogen and oxygen atoms in total. The van der Waals surface area contributed by atoms with Gasteiger partial charge in [0.15, 0.2) is 0 Å². The molecule has 0 saturated carbocycles. The summed E-state index contributed by atoms with van der Waals surface area (Å²) in [5, 5.41) is 0. The molecule has 0 saturated heterocycles. The lowest BCUT2D eigenvalue weighted by atomic mass is 10.1. The Hall–Kier alpha value is -2.34. The van der Waals surface area contributed by atoms with Crippen LogP contribution in [0.2, 0.25) is 0 Å². The number of anilines is 1. The predicted octanol–water partition coefficient (Wildman–Crippen LogP) is 3.39. The van der Waals surface area contributed by atoms with E-state index in [4.69, 9.17) is 4.74 Å². The van der Waals surface area contributed by atoms with Gasteiger partial charge in [0.1, 0.15) is 0 Å². The van der Waals surface area contributed by atoms with Crippen molar-refractivity contribution in [1.82, 2.24) is 0 Å². The molecule has 1 atom stereocenters. The molecule has 2 aromatic rings. The fourth-order valence-electron chi connectivity index (χ4n) is 3.08. The highest BCUT2D eigenvalue weighted by molar-refractivity contribution is 7.92. The third-order valence-corrected chi connectivity index (χ3v) is 6.13. The zero-order valence-corrected chi connectivity index (χ0v) is 15.1. The van der Waals surface area contributed by atoms with Gasteiger partial charge in [0.25, 0.3) is 10.0 Å². The van der Waals surface area contributed by atoms with Gasteiger partial charge >= 0.3 is 5.97 Å². The first kappa shape index (κ1) is 17.5. The van der Waals surface area contributed by atoms with Crippen LogP contribution in [0.5, 0.6) is 0 Å². The molecular weight excluding hydrogens is 338 g/mol. The highest BCUT2D eigenvalue weighted by atomic mass is 32.2. The van der Waals surface area contributed by atoms with Crippen LogP contribution in [0.4, 0.5) is 5.69 Å². The van der Waals surface area contributed by atoms with Crippen LogP contribution in [-0.4, -0.2) is 27.0 Å². The van der Waals surface area contributed by atoms with Gasteiger partial charge in [0, 0.05) is 6.04 Å². The minimum atomic E-state index is -3.75. The van der Waals surface area contributed by atoms with Crippen LogP contribution < -0.4 is 4.31 Å². The highest BCUT2D eigenvalue weighted by Crippen LogP contribution is 2.36. The zero-order chi connectivity index (χ0) is 18.0. The molecule has 1 aliphatic rings. The van der Waals surface area contributed by atoms with E-state index in [1.54, 1.807) is 12.1 Å². The number of sulfonamides is 1. The summed E-state index contributed by atoms with van der Waals surface area (Å²) in [6.45, 7) is 4.10. The normalized spacial score (nSPS) is 16.6. The molecule has 1 aliphatic heterocycles. The number of benzene rings is 2. The molecule has 2 aromatic carbocycles. The van der Waals surface area contributed by atoms with E-state index >= 15 is 0 Å². The molecular formula is C19H21NO4S. The first-order chi connectivity index (χ1) is 11.9. The third kappa shape index (κ3) is 3.26. The van der Waals surface area contributed by atoms with Gasteiger partial charge in [0.2, 0.25) is 0 Å². The number of carbonyl (C=O) groups is 1. The number of fused-ring (bicyclic) bond motifs is 1. The highest BCUT2D eigenvalue weighted by Gasteiger charge is 2.36. The third-order valence-electron chi connectivity index (χ3n) is 4.21. The van der Waals surface area contributed by atoms with Gasteiger partial charge in [-0.2, -0.15) is 0 Å². The summed E-state index contributed by atoms with van der Waals surface area (Å²) in [6, 6.07) is 13.4. The quantitative estimate of drug-likeness (QED) is 0.768. The van der Waals surface area contributed by atoms with Crippen LogP contribution in [0.25, 0.3) is 0 Å². The van der Waals surface area contributed by atoms with E-state index in [1.165, 1.54) is 16.4 Å². The molecule has 0 spiro atoms. The summed E-state index contributed by atoms with van der Waals surface area (Å²) in [5.74, 6) is -0.506. The molecule has 0 aliphatic carbocycles. The number of nitrogens with zero attached hydrogens (tertiary/aromatic N) is 1. The van der Waals surface area contributed by atoms with Gasteiger partial charge in [-0.3, -0.25) is 4.31 Å². The Balaban J connectivity index is 1.97. The molecule has 0 fully saturated rings. The Morgan fingerprint density at radius 3 is 2.72 bits per heavy atom. The molecule has 25 heavy (non-hydrogen) atoms. The van der Waals surface area contributed by atoms with Crippen molar-refractivity contribution in [3.63, 3.8) is 0 Å². The fraction of sp³-hybridized carbons (Fsp3) is 0.316. The van der Waals surface area contributed by atoms with E-state index in [1.807, 2.05) is 38.1 Å². The Morgan fingerprint density at radius 2 is 1.96 bits per heavy atom. The molecule has 0 aromatic heterocycles.